The fourth-order valence-electron chi connectivity index (χ4n) is 1.22. The maximum Gasteiger partial charge on any atom is 0.274 e. The number of ether oxygens (including phenoxy) is 1. The number of halogens is 1. The molecule has 0 fully saturated rings. The van der Waals surface area contributed by atoms with E-state index in [0.29, 0.717) is 12.1 Å². The van der Waals surface area contributed by atoms with Crippen LogP contribution in [0.15, 0.2) is 17.0 Å². The Morgan fingerprint density at radius 2 is 2.15 bits per heavy atom. The van der Waals surface area contributed by atoms with Gasteiger partial charge in [-0.3, -0.25) is 14.9 Å². The summed E-state index contributed by atoms with van der Waals surface area (Å²) in [6, 6.07) is 1.02. The van der Waals surface area contributed by atoms with E-state index >= 15 is 0 Å². The molecule has 0 unspecified atom stereocenters. The summed E-state index contributed by atoms with van der Waals surface area (Å²) in [6.07, 6.45) is 0. The number of nitro groups is 1. The highest BCUT2D eigenvalue weighted by atomic mass is 32.2. The summed E-state index contributed by atoms with van der Waals surface area (Å²) in [6.45, 7) is -0.673. The van der Waals surface area contributed by atoms with E-state index in [9.17, 15) is 27.7 Å². The molecule has 0 saturated carbocycles. The Morgan fingerprint density at radius 3 is 2.60 bits per heavy atom. The van der Waals surface area contributed by atoms with E-state index in [0.717, 1.165) is 0 Å². The van der Waals surface area contributed by atoms with Gasteiger partial charge in [-0.25, -0.2) is 17.9 Å². The molecule has 0 aliphatic rings. The van der Waals surface area contributed by atoms with Gasteiger partial charge in [0.2, 0.25) is 10.0 Å². The maximum absolute atomic E-state index is 13.7. The van der Waals surface area contributed by atoms with Gasteiger partial charge in [0.05, 0.1) is 11.0 Å². The number of benzene rings is 1. The molecule has 0 aromatic heterocycles. The van der Waals surface area contributed by atoms with Crippen molar-refractivity contribution in [2.24, 2.45) is 5.14 Å². The summed E-state index contributed by atoms with van der Waals surface area (Å²) in [7, 11) is -3.18. The van der Waals surface area contributed by atoms with Crippen LogP contribution in [0, 0.1) is 15.9 Å². The monoisotopic (exact) mass is 307 g/mol. The highest BCUT2D eigenvalue weighted by Gasteiger charge is 2.25. The number of hydrogen-bond donors (Lipinski definition) is 2. The lowest BCUT2D eigenvalue weighted by atomic mass is 10.3. The van der Waals surface area contributed by atoms with Crippen LogP contribution >= 0.6 is 0 Å². The second-order valence-corrected chi connectivity index (χ2v) is 5.05. The average molecular weight is 307 g/mol. The zero-order chi connectivity index (χ0) is 15.5. The second-order valence-electron chi connectivity index (χ2n) is 3.52. The van der Waals surface area contributed by atoms with Gasteiger partial charge in [-0.05, 0) is 0 Å². The summed E-state index contributed by atoms with van der Waals surface area (Å²) in [4.78, 5) is 19.6. The molecule has 9 nitrogen and oxygen atoms in total. The van der Waals surface area contributed by atoms with Crippen LogP contribution in [0.4, 0.5) is 10.1 Å². The second kappa shape index (κ2) is 5.79. The molecule has 1 amide bonds. The lowest BCUT2D eigenvalue weighted by Crippen LogP contribution is -2.26. The van der Waals surface area contributed by atoms with Gasteiger partial charge in [-0.2, -0.15) is 0 Å². The molecule has 20 heavy (non-hydrogen) atoms. The Morgan fingerprint density at radius 1 is 1.55 bits per heavy atom. The Labute approximate surface area is 112 Å². The minimum absolute atomic E-state index is 0.466. The van der Waals surface area contributed by atoms with Crippen molar-refractivity contribution in [1.82, 2.24) is 5.32 Å². The van der Waals surface area contributed by atoms with Crippen LogP contribution < -0.4 is 15.2 Å². The Bertz CT molecular complexity index is 660. The molecule has 0 saturated heterocycles. The third-order valence-electron chi connectivity index (χ3n) is 2.14. The first-order chi connectivity index (χ1) is 9.16. The number of carbonyl (C=O) groups is 1. The van der Waals surface area contributed by atoms with Crippen molar-refractivity contribution in [1.29, 1.82) is 0 Å². The van der Waals surface area contributed by atoms with Crippen LogP contribution in [0.25, 0.3) is 0 Å². The smallest absolute Gasteiger partial charge is 0.274 e. The Hall–Kier alpha value is -2.27. The quantitative estimate of drug-likeness (QED) is 0.555. The molecule has 1 rings (SSSR count). The third kappa shape index (κ3) is 3.61. The number of nitrogens with one attached hydrogen (secondary N) is 1. The number of hydrogen-bond acceptors (Lipinski definition) is 6. The molecular formula is C9H10FN3O6S. The molecule has 0 aliphatic carbocycles. The van der Waals surface area contributed by atoms with Crippen molar-refractivity contribution in [3.63, 3.8) is 0 Å². The number of nitro benzene ring substituents is 1. The molecule has 110 valence electrons. The van der Waals surface area contributed by atoms with Crippen LogP contribution in [0.2, 0.25) is 0 Å². The zero-order valence-corrected chi connectivity index (χ0v) is 10.9. The number of rotatable bonds is 5. The first-order valence-electron chi connectivity index (χ1n) is 5.01. The molecular weight excluding hydrogens is 297 g/mol. The minimum atomic E-state index is -4.47. The molecule has 0 atom stereocenters. The average Bonchev–Trinajstić information content (AvgIpc) is 2.34. The number of nitrogens with two attached hydrogens (primary N) is 1. The number of primary sulfonamides is 1. The van der Waals surface area contributed by atoms with Crippen molar-refractivity contribution in [2.45, 2.75) is 4.90 Å². The van der Waals surface area contributed by atoms with Crippen molar-refractivity contribution < 1.29 is 27.3 Å². The van der Waals surface area contributed by atoms with Gasteiger partial charge in [-0.1, -0.05) is 0 Å². The van der Waals surface area contributed by atoms with Gasteiger partial charge in [0, 0.05) is 13.1 Å². The minimum Gasteiger partial charge on any atom is -0.479 e. The fourth-order valence-corrected chi connectivity index (χ4v) is 1.92. The van der Waals surface area contributed by atoms with E-state index < -0.39 is 49.6 Å². The molecule has 0 heterocycles. The molecule has 1 aromatic rings. The number of carbonyl (C=O) groups excluding carboxylic acids is 1. The largest absolute Gasteiger partial charge is 0.479 e. The SMILES string of the molecule is CNC(=O)COc1c(F)cc([N+](=O)[O-])cc1S(N)(=O)=O. The van der Waals surface area contributed by atoms with Gasteiger partial charge in [0.25, 0.3) is 11.6 Å². The summed E-state index contributed by atoms with van der Waals surface area (Å²) in [5, 5.41) is 17.6. The molecule has 0 bridgehead atoms. The predicted octanol–water partition coefficient (Wildman–Crippen LogP) is -0.494. The number of sulfonamides is 1. The summed E-state index contributed by atoms with van der Waals surface area (Å²) < 4.78 is 41.0. The van der Waals surface area contributed by atoms with Crippen molar-refractivity contribution >= 4 is 21.6 Å². The lowest BCUT2D eigenvalue weighted by Gasteiger charge is -2.10. The zero-order valence-electron chi connectivity index (χ0n) is 10.1. The Balaban J connectivity index is 3.35. The van der Waals surface area contributed by atoms with Crippen molar-refractivity contribution in [3.8, 4) is 5.75 Å². The van der Waals surface area contributed by atoms with Crippen LogP contribution in [0.3, 0.4) is 0 Å². The summed E-state index contributed by atoms with van der Waals surface area (Å²) in [5.74, 6) is -2.81. The van der Waals surface area contributed by atoms with Crippen molar-refractivity contribution in [3.05, 3.63) is 28.1 Å². The first-order valence-corrected chi connectivity index (χ1v) is 6.55. The van der Waals surface area contributed by atoms with E-state index in [2.05, 4.69) is 5.32 Å². The third-order valence-corrected chi connectivity index (χ3v) is 3.05. The predicted molar refractivity (Wildman–Crippen MR) is 64.0 cm³/mol. The van der Waals surface area contributed by atoms with Crippen LogP contribution in [-0.4, -0.2) is 32.9 Å². The van der Waals surface area contributed by atoms with Crippen LogP contribution in [-0.2, 0) is 14.8 Å². The van der Waals surface area contributed by atoms with E-state index in [1.54, 1.807) is 0 Å². The maximum atomic E-state index is 13.7. The van der Waals surface area contributed by atoms with E-state index in [4.69, 9.17) is 9.88 Å². The van der Waals surface area contributed by atoms with Gasteiger partial charge >= 0.3 is 0 Å². The first kappa shape index (κ1) is 15.8. The van der Waals surface area contributed by atoms with E-state index in [-0.39, 0.29) is 0 Å². The van der Waals surface area contributed by atoms with E-state index in [1.165, 1.54) is 7.05 Å². The standard InChI is InChI=1S/C9H10FN3O6S/c1-12-8(14)4-19-9-6(10)2-5(13(15)16)3-7(9)20(11,17)18/h2-3H,4H2,1H3,(H,12,14)(H2,11,17,18). The molecule has 0 spiro atoms. The fraction of sp³-hybridized carbons (Fsp3) is 0.222. The van der Waals surface area contributed by atoms with Crippen LogP contribution in [0.1, 0.15) is 0 Å². The highest BCUT2D eigenvalue weighted by Crippen LogP contribution is 2.31. The molecule has 11 heteroatoms. The number of amides is 1. The lowest BCUT2D eigenvalue weighted by molar-refractivity contribution is -0.385. The molecule has 1 aromatic carbocycles. The van der Waals surface area contributed by atoms with Crippen molar-refractivity contribution in [2.75, 3.05) is 13.7 Å². The number of non-ortho nitro benzene ring substituents is 1. The van der Waals surface area contributed by atoms with Gasteiger partial charge in [-0.15, -0.1) is 0 Å². The number of likely N-dealkylation sites (N-methyl/N-ethyl adjacent to an activating group) is 1. The topological polar surface area (TPSA) is 142 Å². The molecule has 0 aliphatic heterocycles. The highest BCUT2D eigenvalue weighted by molar-refractivity contribution is 7.89. The molecule has 0 radical (unpaired) electrons. The van der Waals surface area contributed by atoms with Gasteiger partial charge < -0.3 is 10.1 Å². The molecule has 3 N–H and O–H groups in total. The van der Waals surface area contributed by atoms with Gasteiger partial charge in [0.1, 0.15) is 4.90 Å². The summed E-state index contributed by atoms with van der Waals surface area (Å²) >= 11 is 0. The van der Waals surface area contributed by atoms with E-state index in [1.807, 2.05) is 0 Å². The van der Waals surface area contributed by atoms with Crippen LogP contribution in [0.5, 0.6) is 5.75 Å². The Kier molecular flexibility index (Phi) is 4.57. The number of nitrogens with zero attached hydrogens (tertiary/aromatic N) is 1. The summed E-state index contributed by atoms with van der Waals surface area (Å²) in [5.41, 5.74) is -0.807. The van der Waals surface area contributed by atoms with Gasteiger partial charge in [0.15, 0.2) is 18.2 Å². The normalized spacial score (nSPS) is 10.9.